The summed E-state index contributed by atoms with van der Waals surface area (Å²) in [5.74, 6) is 0.954. The maximum absolute atomic E-state index is 5.93. The van der Waals surface area contributed by atoms with Crippen molar-refractivity contribution in [2.45, 2.75) is 123 Å². The minimum atomic E-state index is 0.821. The first kappa shape index (κ1) is 23.1. The lowest BCUT2D eigenvalue weighted by molar-refractivity contribution is 0.306. The maximum atomic E-state index is 5.93. The first-order valence-electron chi connectivity index (χ1n) is 12.3. The average molecular weight is 389 g/mol. The van der Waals surface area contributed by atoms with E-state index >= 15 is 0 Å². The van der Waals surface area contributed by atoms with E-state index in [2.05, 4.69) is 19.9 Å². The molecule has 2 aromatic rings. The van der Waals surface area contributed by atoms with Gasteiger partial charge in [0.1, 0.15) is 5.58 Å². The first-order chi connectivity index (χ1) is 13.8. The zero-order valence-corrected chi connectivity index (χ0v) is 18.7. The second-order valence-corrected chi connectivity index (χ2v) is 8.52. The van der Waals surface area contributed by atoms with Gasteiger partial charge in [-0.05, 0) is 18.9 Å². The van der Waals surface area contributed by atoms with Crippen LogP contribution in [0.1, 0.15) is 122 Å². The van der Waals surface area contributed by atoms with Gasteiger partial charge in [-0.25, -0.2) is 0 Å². The summed E-state index contributed by atoms with van der Waals surface area (Å²) >= 11 is 0. The van der Waals surface area contributed by atoms with Crippen LogP contribution >= 0.6 is 0 Å². The van der Waals surface area contributed by atoms with E-state index in [1.54, 1.807) is 0 Å². The smallest absolute Gasteiger partial charge is 0.172 e. The van der Waals surface area contributed by atoms with Crippen molar-refractivity contribution in [2.75, 3.05) is 6.61 Å². The summed E-state index contributed by atoms with van der Waals surface area (Å²) in [6.45, 7) is 5.28. The van der Waals surface area contributed by atoms with Crippen LogP contribution in [0.2, 0.25) is 0 Å². The highest BCUT2D eigenvalue weighted by Crippen LogP contribution is 2.33. The molecule has 2 nitrogen and oxygen atoms in total. The third-order valence-corrected chi connectivity index (χ3v) is 5.96. The molecule has 0 spiro atoms. The molecule has 0 radical (unpaired) electrons. The van der Waals surface area contributed by atoms with Crippen LogP contribution < -0.4 is 4.74 Å². The average Bonchev–Trinajstić information content (AvgIpc) is 3.30. The quantitative estimate of drug-likeness (QED) is 0.224. The summed E-state index contributed by atoms with van der Waals surface area (Å²) in [7, 11) is 0. The van der Waals surface area contributed by atoms with Gasteiger partial charge in [-0.3, -0.25) is 0 Å². The van der Waals surface area contributed by atoms with Crippen molar-refractivity contribution in [1.82, 2.24) is 0 Å². The molecule has 0 atom stereocenters. The molecule has 0 fully saturated rings. The second kappa shape index (κ2) is 14.8. The minimum absolute atomic E-state index is 0.821. The van der Waals surface area contributed by atoms with Crippen molar-refractivity contribution in [3.63, 3.8) is 0 Å². The summed E-state index contributed by atoms with van der Waals surface area (Å²) < 4.78 is 11.6. The molecule has 2 bridgehead atoms. The van der Waals surface area contributed by atoms with E-state index in [9.17, 15) is 0 Å². The molecule has 2 rings (SSSR count). The lowest BCUT2D eigenvalue weighted by Gasteiger charge is -2.06. The molecular formula is C26H44O2. The molecule has 0 N–H and O–H groups in total. The molecule has 28 heavy (non-hydrogen) atoms. The van der Waals surface area contributed by atoms with Gasteiger partial charge in [-0.1, -0.05) is 110 Å². The molecule has 0 aliphatic heterocycles. The van der Waals surface area contributed by atoms with E-state index in [-0.39, 0.29) is 0 Å². The summed E-state index contributed by atoms with van der Waals surface area (Å²) in [6, 6.07) is 4.15. The van der Waals surface area contributed by atoms with Gasteiger partial charge >= 0.3 is 0 Å². The molecule has 0 unspecified atom stereocenters. The predicted octanol–water partition coefficient (Wildman–Crippen LogP) is 9.07. The van der Waals surface area contributed by atoms with Crippen LogP contribution in [0.4, 0.5) is 0 Å². The number of aryl methyl sites for hydroxylation is 1. The monoisotopic (exact) mass is 388 g/mol. The van der Waals surface area contributed by atoms with Gasteiger partial charge in [-0.2, -0.15) is 0 Å². The number of unbranched alkanes of at least 4 members (excludes halogenated alkanes) is 15. The van der Waals surface area contributed by atoms with Crippen LogP contribution in [0.5, 0.6) is 5.75 Å². The van der Waals surface area contributed by atoms with Crippen LogP contribution in [-0.4, -0.2) is 6.61 Å². The molecule has 2 heteroatoms. The zero-order chi connectivity index (χ0) is 19.9. The lowest BCUT2D eigenvalue weighted by Crippen LogP contribution is -1.97. The van der Waals surface area contributed by atoms with E-state index in [0.717, 1.165) is 36.4 Å². The Morgan fingerprint density at radius 1 is 0.643 bits per heavy atom. The van der Waals surface area contributed by atoms with E-state index in [1.807, 2.05) is 6.07 Å². The summed E-state index contributed by atoms with van der Waals surface area (Å²) in [6.07, 6.45) is 23.5. The van der Waals surface area contributed by atoms with Gasteiger partial charge in [-0.15, -0.1) is 0 Å². The minimum Gasteiger partial charge on any atom is -0.490 e. The Labute approximate surface area is 173 Å². The maximum Gasteiger partial charge on any atom is 0.172 e. The molecule has 2 heterocycles. The van der Waals surface area contributed by atoms with E-state index < -0.39 is 0 Å². The highest BCUT2D eigenvalue weighted by atomic mass is 16.5. The normalized spacial score (nSPS) is 11.6. The van der Waals surface area contributed by atoms with Crippen LogP contribution in [0.15, 0.2) is 16.5 Å². The van der Waals surface area contributed by atoms with Gasteiger partial charge < -0.3 is 9.15 Å². The molecule has 160 valence electrons. The number of furan rings is 2. The van der Waals surface area contributed by atoms with Crippen LogP contribution in [0, 0.1) is 0 Å². The Balaban J connectivity index is 1.31. The van der Waals surface area contributed by atoms with Crippen molar-refractivity contribution in [2.24, 2.45) is 0 Å². The second-order valence-electron chi connectivity index (χ2n) is 8.52. The van der Waals surface area contributed by atoms with Gasteiger partial charge in [0.25, 0.3) is 0 Å². The highest BCUT2D eigenvalue weighted by molar-refractivity contribution is 5.74. The Morgan fingerprint density at radius 2 is 1.14 bits per heavy atom. The third kappa shape index (κ3) is 8.88. The molecule has 0 saturated carbocycles. The fraction of sp³-hybridized carbons (Fsp3) is 0.769. The van der Waals surface area contributed by atoms with Gasteiger partial charge in [0, 0.05) is 11.6 Å². The highest BCUT2D eigenvalue weighted by Gasteiger charge is 2.13. The Hall–Kier alpha value is -1.18. The van der Waals surface area contributed by atoms with Crippen molar-refractivity contribution < 1.29 is 9.15 Å². The lowest BCUT2D eigenvalue weighted by atomic mass is 10.0. The topological polar surface area (TPSA) is 22.4 Å². The van der Waals surface area contributed by atoms with Gasteiger partial charge in [0.05, 0.1) is 6.61 Å². The number of hydrogen-bond donors (Lipinski definition) is 0. The number of hydrogen-bond acceptors (Lipinski definition) is 2. The zero-order valence-electron chi connectivity index (χ0n) is 18.7. The fourth-order valence-corrected chi connectivity index (χ4v) is 4.13. The van der Waals surface area contributed by atoms with Crippen molar-refractivity contribution in [1.29, 1.82) is 0 Å². The van der Waals surface area contributed by atoms with Crippen molar-refractivity contribution in [3.05, 3.63) is 17.7 Å². The molecule has 0 aliphatic rings. The summed E-state index contributed by atoms with van der Waals surface area (Å²) in [5, 5.41) is 0. The predicted molar refractivity (Wildman–Crippen MR) is 122 cm³/mol. The summed E-state index contributed by atoms with van der Waals surface area (Å²) in [4.78, 5) is 0. The van der Waals surface area contributed by atoms with Crippen LogP contribution in [0.25, 0.3) is 11.2 Å². The Bertz CT molecular complexity index is 586. The Kier molecular flexibility index (Phi) is 12.2. The first-order valence-corrected chi connectivity index (χ1v) is 12.3. The number of fused-ring (bicyclic) bond motifs is 2. The van der Waals surface area contributed by atoms with Gasteiger partial charge in [0.2, 0.25) is 0 Å². The van der Waals surface area contributed by atoms with E-state index in [1.165, 1.54) is 102 Å². The molecule has 2 aromatic heterocycles. The van der Waals surface area contributed by atoms with Crippen molar-refractivity contribution in [3.8, 4) is 5.75 Å². The van der Waals surface area contributed by atoms with Gasteiger partial charge in [0.15, 0.2) is 11.3 Å². The molecule has 0 aliphatic carbocycles. The number of ether oxygens (including phenoxy) is 1. The Morgan fingerprint density at radius 3 is 1.61 bits per heavy atom. The van der Waals surface area contributed by atoms with Crippen LogP contribution in [-0.2, 0) is 6.42 Å². The molecule has 0 aromatic carbocycles. The largest absolute Gasteiger partial charge is 0.490 e. The fourth-order valence-electron chi connectivity index (χ4n) is 4.13. The SMILES string of the molecule is CCCCCCCCCCCCCCCCCCOc1cc2cc(CC)c1o2. The van der Waals surface area contributed by atoms with E-state index in [4.69, 9.17) is 9.15 Å². The molecular weight excluding hydrogens is 344 g/mol. The standard InChI is InChI=1S/C26H44O2/c1-3-5-6-7-8-9-10-11-12-13-14-15-16-17-18-19-20-27-25-22-24-21-23(4-2)26(25)28-24/h21-22H,3-20H2,1-2H3. The van der Waals surface area contributed by atoms with Crippen molar-refractivity contribution >= 4 is 11.2 Å². The molecule has 0 saturated heterocycles. The van der Waals surface area contributed by atoms with E-state index in [0.29, 0.717) is 0 Å². The number of rotatable bonds is 19. The molecule has 0 amide bonds. The number of benzene rings is 1. The third-order valence-electron chi connectivity index (χ3n) is 5.96. The summed E-state index contributed by atoms with van der Waals surface area (Å²) in [5.41, 5.74) is 3.20. The van der Waals surface area contributed by atoms with Crippen LogP contribution in [0.3, 0.4) is 0 Å².